The van der Waals surface area contributed by atoms with Crippen molar-refractivity contribution in [2.45, 2.75) is 52.5 Å². The summed E-state index contributed by atoms with van der Waals surface area (Å²) >= 11 is 0. The van der Waals surface area contributed by atoms with Crippen LogP contribution in [0.25, 0.3) is 0 Å². The number of methoxy groups -OCH3 is 1. The minimum absolute atomic E-state index is 0.00301. The van der Waals surface area contributed by atoms with Crippen molar-refractivity contribution in [1.29, 1.82) is 0 Å². The van der Waals surface area contributed by atoms with Crippen molar-refractivity contribution in [3.8, 4) is 0 Å². The van der Waals surface area contributed by atoms with Crippen molar-refractivity contribution < 1.29 is 9.53 Å². The van der Waals surface area contributed by atoms with Crippen LogP contribution >= 0.6 is 0 Å². The molecule has 1 N–H and O–H groups in total. The van der Waals surface area contributed by atoms with Crippen molar-refractivity contribution in [1.82, 2.24) is 0 Å². The monoisotopic (exact) mass is 263 g/mol. The number of rotatable bonds is 2. The van der Waals surface area contributed by atoms with E-state index in [0.29, 0.717) is 5.56 Å². The maximum Gasteiger partial charge on any atom is 0.339 e. The van der Waals surface area contributed by atoms with E-state index in [2.05, 4.69) is 52.9 Å². The molecule has 0 unspecified atom stereocenters. The van der Waals surface area contributed by atoms with Crippen LogP contribution in [-0.2, 0) is 10.2 Å². The molecule has 19 heavy (non-hydrogen) atoms. The van der Waals surface area contributed by atoms with E-state index in [-0.39, 0.29) is 16.9 Å². The maximum absolute atomic E-state index is 11.9. The van der Waals surface area contributed by atoms with E-state index >= 15 is 0 Å². The second-order valence-corrected chi connectivity index (χ2v) is 6.88. The molecule has 0 aliphatic rings. The highest BCUT2D eigenvalue weighted by molar-refractivity contribution is 5.96. The van der Waals surface area contributed by atoms with Gasteiger partial charge in [-0.1, -0.05) is 26.8 Å². The lowest BCUT2D eigenvalue weighted by atomic mass is 9.85. The number of carbonyl (C=O) groups excluding carboxylic acids is 1. The van der Waals surface area contributed by atoms with Crippen molar-refractivity contribution in [3.05, 3.63) is 29.3 Å². The van der Waals surface area contributed by atoms with Crippen molar-refractivity contribution in [2.24, 2.45) is 0 Å². The largest absolute Gasteiger partial charge is 0.465 e. The Kier molecular flexibility index (Phi) is 4.28. The van der Waals surface area contributed by atoms with Crippen LogP contribution in [0.15, 0.2) is 18.2 Å². The first-order valence-corrected chi connectivity index (χ1v) is 6.55. The van der Waals surface area contributed by atoms with Crippen molar-refractivity contribution >= 4 is 11.7 Å². The zero-order valence-corrected chi connectivity index (χ0v) is 13.0. The topological polar surface area (TPSA) is 38.3 Å². The molecule has 0 aliphatic carbocycles. The van der Waals surface area contributed by atoms with Gasteiger partial charge in [-0.2, -0.15) is 0 Å². The van der Waals surface area contributed by atoms with E-state index in [9.17, 15) is 4.79 Å². The van der Waals surface area contributed by atoms with Crippen LogP contribution in [-0.4, -0.2) is 18.6 Å². The Bertz CT molecular complexity index is 465. The number of hydrogen-bond acceptors (Lipinski definition) is 3. The lowest BCUT2D eigenvalue weighted by molar-refractivity contribution is 0.0601. The van der Waals surface area contributed by atoms with Gasteiger partial charge in [0.05, 0.1) is 12.7 Å². The van der Waals surface area contributed by atoms with E-state index in [1.807, 2.05) is 12.1 Å². The van der Waals surface area contributed by atoms with Gasteiger partial charge in [-0.25, -0.2) is 4.79 Å². The van der Waals surface area contributed by atoms with Crippen molar-refractivity contribution in [3.63, 3.8) is 0 Å². The van der Waals surface area contributed by atoms with Crippen LogP contribution < -0.4 is 5.32 Å². The van der Waals surface area contributed by atoms with Gasteiger partial charge < -0.3 is 10.1 Å². The third-order valence-electron chi connectivity index (χ3n) is 2.80. The van der Waals surface area contributed by atoms with Gasteiger partial charge in [0, 0.05) is 11.2 Å². The Balaban J connectivity index is 3.29. The van der Waals surface area contributed by atoms with Gasteiger partial charge in [0.25, 0.3) is 0 Å². The van der Waals surface area contributed by atoms with Gasteiger partial charge in [0.1, 0.15) is 0 Å². The molecule has 0 bridgehead atoms. The van der Waals surface area contributed by atoms with Gasteiger partial charge in [0.15, 0.2) is 0 Å². The van der Waals surface area contributed by atoms with Crippen LogP contribution in [0, 0.1) is 0 Å². The molecule has 1 aromatic carbocycles. The Morgan fingerprint density at radius 1 is 1.11 bits per heavy atom. The highest BCUT2D eigenvalue weighted by Gasteiger charge is 2.21. The normalized spacial score (nSPS) is 12.2. The molecule has 1 aromatic rings. The zero-order valence-electron chi connectivity index (χ0n) is 13.0. The molecule has 3 heteroatoms. The molecule has 106 valence electrons. The third kappa shape index (κ3) is 4.27. The molecule has 0 saturated carbocycles. The molecular formula is C16H25NO2. The van der Waals surface area contributed by atoms with E-state index in [1.165, 1.54) is 7.11 Å². The molecule has 0 spiro atoms. The summed E-state index contributed by atoms with van der Waals surface area (Å²) < 4.78 is 4.88. The smallest absolute Gasteiger partial charge is 0.339 e. The molecular weight excluding hydrogens is 238 g/mol. The number of esters is 1. The molecule has 1 rings (SSSR count). The van der Waals surface area contributed by atoms with E-state index < -0.39 is 0 Å². The fourth-order valence-electron chi connectivity index (χ4n) is 1.80. The molecule has 0 aliphatic heterocycles. The van der Waals surface area contributed by atoms with Gasteiger partial charge in [-0.3, -0.25) is 0 Å². The van der Waals surface area contributed by atoms with Crippen LogP contribution in [0.3, 0.4) is 0 Å². The van der Waals surface area contributed by atoms with E-state index in [0.717, 1.165) is 11.3 Å². The standard InChI is InChI=1S/C16H25NO2/c1-15(2,3)11-8-9-13(17-16(4,5)6)12(10-11)14(18)19-7/h8-10,17H,1-7H3. The predicted molar refractivity (Wildman–Crippen MR) is 79.9 cm³/mol. The Morgan fingerprint density at radius 3 is 2.11 bits per heavy atom. The van der Waals surface area contributed by atoms with Crippen LogP contribution in [0.5, 0.6) is 0 Å². The zero-order chi connectivity index (χ0) is 14.8. The maximum atomic E-state index is 11.9. The quantitative estimate of drug-likeness (QED) is 0.820. The van der Waals surface area contributed by atoms with Gasteiger partial charge in [-0.15, -0.1) is 0 Å². The Morgan fingerprint density at radius 2 is 1.68 bits per heavy atom. The summed E-state index contributed by atoms with van der Waals surface area (Å²) in [5, 5.41) is 3.34. The fraction of sp³-hybridized carbons (Fsp3) is 0.562. The fourth-order valence-corrected chi connectivity index (χ4v) is 1.80. The summed E-state index contributed by atoms with van der Waals surface area (Å²) in [6.45, 7) is 12.6. The summed E-state index contributed by atoms with van der Waals surface area (Å²) in [6.07, 6.45) is 0. The minimum Gasteiger partial charge on any atom is -0.465 e. The Labute approximate surface area is 116 Å². The lowest BCUT2D eigenvalue weighted by Crippen LogP contribution is -2.27. The van der Waals surface area contributed by atoms with Gasteiger partial charge >= 0.3 is 5.97 Å². The predicted octanol–water partition coefficient (Wildman–Crippen LogP) is 3.98. The number of nitrogens with one attached hydrogen (secondary N) is 1. The molecule has 3 nitrogen and oxygen atoms in total. The summed E-state index contributed by atoms with van der Waals surface area (Å²) in [4.78, 5) is 11.9. The van der Waals surface area contributed by atoms with Gasteiger partial charge in [0.2, 0.25) is 0 Å². The summed E-state index contributed by atoms with van der Waals surface area (Å²) in [6, 6.07) is 5.93. The first-order valence-electron chi connectivity index (χ1n) is 6.55. The number of anilines is 1. The lowest BCUT2D eigenvalue weighted by Gasteiger charge is -2.26. The summed E-state index contributed by atoms with van der Waals surface area (Å²) in [5.41, 5.74) is 2.42. The Hall–Kier alpha value is -1.51. The van der Waals surface area contributed by atoms with Gasteiger partial charge in [-0.05, 0) is 43.9 Å². The molecule has 0 aromatic heterocycles. The first kappa shape index (κ1) is 15.5. The average molecular weight is 263 g/mol. The van der Waals surface area contributed by atoms with Crippen LogP contribution in [0.4, 0.5) is 5.69 Å². The van der Waals surface area contributed by atoms with Crippen molar-refractivity contribution in [2.75, 3.05) is 12.4 Å². The molecule has 0 amide bonds. The second-order valence-electron chi connectivity index (χ2n) is 6.88. The first-order chi connectivity index (χ1) is 8.54. The minimum atomic E-state index is -0.308. The number of hydrogen-bond donors (Lipinski definition) is 1. The molecule has 0 fully saturated rings. The molecule has 0 atom stereocenters. The number of ether oxygens (including phenoxy) is 1. The highest BCUT2D eigenvalue weighted by atomic mass is 16.5. The highest BCUT2D eigenvalue weighted by Crippen LogP contribution is 2.28. The molecule has 0 saturated heterocycles. The third-order valence-corrected chi connectivity index (χ3v) is 2.80. The van der Waals surface area contributed by atoms with Crippen LogP contribution in [0.1, 0.15) is 57.5 Å². The molecule has 0 radical (unpaired) electrons. The summed E-state index contributed by atoms with van der Waals surface area (Å²) in [7, 11) is 1.41. The molecule has 0 heterocycles. The van der Waals surface area contributed by atoms with E-state index in [1.54, 1.807) is 0 Å². The average Bonchev–Trinajstić information content (AvgIpc) is 2.25. The number of benzene rings is 1. The van der Waals surface area contributed by atoms with E-state index in [4.69, 9.17) is 4.74 Å². The second kappa shape index (κ2) is 5.24. The SMILES string of the molecule is COC(=O)c1cc(C(C)(C)C)ccc1NC(C)(C)C. The van der Waals surface area contributed by atoms with Crippen LogP contribution in [0.2, 0.25) is 0 Å². The summed E-state index contributed by atoms with van der Waals surface area (Å²) in [5.74, 6) is -0.308. The number of carbonyl (C=O) groups is 1.